The Labute approximate surface area is 127 Å². The van der Waals surface area contributed by atoms with Gasteiger partial charge in [0.15, 0.2) is 5.13 Å². The van der Waals surface area contributed by atoms with Gasteiger partial charge in [0.1, 0.15) is 10.5 Å². The molecule has 1 aliphatic carbocycles. The molecule has 6 nitrogen and oxygen atoms in total. The quantitative estimate of drug-likeness (QED) is 0.876. The van der Waals surface area contributed by atoms with Gasteiger partial charge in [0.05, 0.1) is 5.69 Å². The van der Waals surface area contributed by atoms with Crippen LogP contribution in [-0.2, 0) is 10.3 Å². The summed E-state index contributed by atoms with van der Waals surface area (Å²) >= 11 is 1.37. The van der Waals surface area contributed by atoms with Crippen molar-refractivity contribution in [3.05, 3.63) is 11.5 Å². The zero-order valence-corrected chi connectivity index (χ0v) is 13.2. The fraction of sp³-hybridized carbons (Fsp3) is 0.643. The SMILES string of the molecule is COC1(c2noc(-c3sc(N)nc3C)n2)CCCCCC1. The lowest BCUT2D eigenvalue weighted by molar-refractivity contribution is -0.0365. The second-order valence-corrected chi connectivity index (χ2v) is 6.53. The highest BCUT2D eigenvalue weighted by atomic mass is 32.1. The Hall–Kier alpha value is -1.47. The first-order chi connectivity index (χ1) is 10.1. The number of nitrogens with zero attached hydrogens (tertiary/aromatic N) is 3. The number of aromatic nitrogens is 3. The van der Waals surface area contributed by atoms with Gasteiger partial charge in [-0.3, -0.25) is 0 Å². The highest BCUT2D eigenvalue weighted by Crippen LogP contribution is 2.39. The summed E-state index contributed by atoms with van der Waals surface area (Å²) in [5.41, 5.74) is 6.14. The molecule has 0 aromatic carbocycles. The predicted octanol–water partition coefficient (Wildman–Crippen LogP) is 3.28. The molecule has 1 saturated carbocycles. The minimum Gasteiger partial charge on any atom is -0.375 e. The van der Waals surface area contributed by atoms with Gasteiger partial charge in [-0.1, -0.05) is 42.2 Å². The number of nitrogens with two attached hydrogens (primary N) is 1. The molecular weight excluding hydrogens is 288 g/mol. The van der Waals surface area contributed by atoms with E-state index in [1.54, 1.807) is 7.11 Å². The van der Waals surface area contributed by atoms with Crippen LogP contribution in [0.5, 0.6) is 0 Å². The minimum absolute atomic E-state index is 0.414. The number of methoxy groups -OCH3 is 1. The number of nitrogen functional groups attached to an aromatic ring is 1. The summed E-state index contributed by atoms with van der Waals surface area (Å²) in [6.45, 7) is 1.89. The lowest BCUT2D eigenvalue weighted by Gasteiger charge is -2.27. The molecule has 114 valence electrons. The molecule has 0 saturated heterocycles. The lowest BCUT2D eigenvalue weighted by Crippen LogP contribution is -2.29. The second-order valence-electron chi connectivity index (χ2n) is 5.50. The van der Waals surface area contributed by atoms with Crippen LogP contribution >= 0.6 is 11.3 Å². The van der Waals surface area contributed by atoms with E-state index in [1.165, 1.54) is 24.2 Å². The molecule has 7 heteroatoms. The first-order valence-electron chi connectivity index (χ1n) is 7.27. The first-order valence-corrected chi connectivity index (χ1v) is 8.09. The van der Waals surface area contributed by atoms with E-state index in [2.05, 4.69) is 15.1 Å². The van der Waals surface area contributed by atoms with Gasteiger partial charge in [-0.15, -0.1) is 0 Å². The summed E-state index contributed by atoms with van der Waals surface area (Å²) < 4.78 is 11.2. The van der Waals surface area contributed by atoms with E-state index in [9.17, 15) is 0 Å². The molecule has 21 heavy (non-hydrogen) atoms. The molecule has 2 N–H and O–H groups in total. The molecule has 0 unspecified atom stereocenters. The largest absolute Gasteiger partial charge is 0.375 e. The Kier molecular flexibility index (Phi) is 3.95. The Morgan fingerprint density at radius 2 is 1.90 bits per heavy atom. The van der Waals surface area contributed by atoms with Crippen LogP contribution in [0.25, 0.3) is 10.8 Å². The molecule has 0 atom stereocenters. The number of thiazole rings is 1. The summed E-state index contributed by atoms with van der Waals surface area (Å²) in [6.07, 6.45) is 6.60. The smallest absolute Gasteiger partial charge is 0.270 e. The average Bonchev–Trinajstić information content (AvgIpc) is 2.99. The maximum Gasteiger partial charge on any atom is 0.270 e. The fourth-order valence-electron chi connectivity index (χ4n) is 2.94. The van der Waals surface area contributed by atoms with Crippen LogP contribution in [-0.4, -0.2) is 22.2 Å². The van der Waals surface area contributed by atoms with Crippen LogP contribution in [0.15, 0.2) is 4.52 Å². The van der Waals surface area contributed by atoms with Crippen LogP contribution in [0, 0.1) is 6.92 Å². The molecule has 1 fully saturated rings. The van der Waals surface area contributed by atoms with Crippen LogP contribution in [0.2, 0.25) is 0 Å². The number of ether oxygens (including phenoxy) is 1. The summed E-state index contributed by atoms with van der Waals surface area (Å²) in [5, 5.41) is 4.69. The van der Waals surface area contributed by atoms with Crippen molar-refractivity contribution in [2.75, 3.05) is 12.8 Å². The Bertz CT molecular complexity index is 614. The average molecular weight is 308 g/mol. The summed E-state index contributed by atoms with van der Waals surface area (Å²) in [6, 6.07) is 0. The third-order valence-corrected chi connectivity index (χ3v) is 5.12. The highest BCUT2D eigenvalue weighted by molar-refractivity contribution is 7.18. The molecule has 2 aromatic rings. The van der Waals surface area contributed by atoms with Crippen LogP contribution in [0.3, 0.4) is 0 Å². The standard InChI is InChI=1S/C14H20N4O2S/c1-9-10(21-13(15)16-9)11-17-12(18-20-11)14(19-2)7-5-3-4-6-8-14/h3-8H2,1-2H3,(H2,15,16). The number of aryl methyl sites for hydroxylation is 1. The molecular formula is C14H20N4O2S. The fourth-order valence-corrected chi connectivity index (χ4v) is 3.69. The van der Waals surface area contributed by atoms with Gasteiger partial charge in [-0.25, -0.2) is 4.98 Å². The third-order valence-electron chi connectivity index (χ3n) is 4.14. The Morgan fingerprint density at radius 3 is 2.48 bits per heavy atom. The van der Waals surface area contributed by atoms with Gasteiger partial charge < -0.3 is 15.0 Å². The van der Waals surface area contributed by atoms with E-state index < -0.39 is 5.60 Å². The molecule has 0 spiro atoms. The zero-order valence-electron chi connectivity index (χ0n) is 12.4. The number of hydrogen-bond donors (Lipinski definition) is 1. The van der Waals surface area contributed by atoms with Crippen molar-refractivity contribution in [1.82, 2.24) is 15.1 Å². The van der Waals surface area contributed by atoms with Crippen LogP contribution in [0.1, 0.15) is 50.0 Å². The maximum atomic E-state index is 5.81. The van der Waals surface area contributed by atoms with E-state index in [4.69, 9.17) is 15.0 Å². The monoisotopic (exact) mass is 308 g/mol. The van der Waals surface area contributed by atoms with E-state index in [0.29, 0.717) is 16.8 Å². The Balaban J connectivity index is 1.94. The van der Waals surface area contributed by atoms with Gasteiger partial charge in [0.25, 0.3) is 5.89 Å². The summed E-state index contributed by atoms with van der Waals surface area (Å²) in [4.78, 5) is 9.61. The van der Waals surface area contributed by atoms with E-state index >= 15 is 0 Å². The zero-order chi connectivity index (χ0) is 14.9. The minimum atomic E-state index is -0.414. The molecule has 1 aliphatic rings. The van der Waals surface area contributed by atoms with E-state index in [0.717, 1.165) is 36.3 Å². The van der Waals surface area contributed by atoms with Gasteiger partial charge in [-0.05, 0) is 19.8 Å². The molecule has 2 heterocycles. The summed E-state index contributed by atoms with van der Waals surface area (Å²) in [5.74, 6) is 1.13. The first kappa shape index (κ1) is 14.5. The van der Waals surface area contributed by atoms with Gasteiger partial charge in [-0.2, -0.15) is 4.98 Å². The molecule has 0 amide bonds. The number of rotatable bonds is 3. The van der Waals surface area contributed by atoms with Gasteiger partial charge in [0, 0.05) is 7.11 Å². The molecule has 0 radical (unpaired) electrons. The van der Waals surface area contributed by atoms with Gasteiger partial charge in [0.2, 0.25) is 5.82 Å². The topological polar surface area (TPSA) is 87.1 Å². The predicted molar refractivity (Wildman–Crippen MR) is 80.9 cm³/mol. The molecule has 0 aliphatic heterocycles. The third kappa shape index (κ3) is 2.67. The number of anilines is 1. The Morgan fingerprint density at radius 1 is 1.19 bits per heavy atom. The molecule has 2 aromatic heterocycles. The van der Waals surface area contributed by atoms with Crippen molar-refractivity contribution >= 4 is 16.5 Å². The van der Waals surface area contributed by atoms with Crippen LogP contribution < -0.4 is 5.73 Å². The number of hydrogen-bond acceptors (Lipinski definition) is 7. The van der Waals surface area contributed by atoms with Crippen LogP contribution in [0.4, 0.5) is 5.13 Å². The van der Waals surface area contributed by atoms with Gasteiger partial charge >= 0.3 is 0 Å². The lowest BCUT2D eigenvalue weighted by atomic mass is 9.93. The molecule has 3 rings (SSSR count). The summed E-state index contributed by atoms with van der Waals surface area (Å²) in [7, 11) is 1.73. The van der Waals surface area contributed by atoms with E-state index in [-0.39, 0.29) is 0 Å². The van der Waals surface area contributed by atoms with Crippen molar-refractivity contribution in [1.29, 1.82) is 0 Å². The maximum absolute atomic E-state index is 5.81. The molecule has 0 bridgehead atoms. The van der Waals surface area contributed by atoms with E-state index in [1.807, 2.05) is 6.92 Å². The highest BCUT2D eigenvalue weighted by Gasteiger charge is 2.38. The normalized spacial score (nSPS) is 18.6. The second kappa shape index (κ2) is 5.73. The van der Waals surface area contributed by atoms with Crippen molar-refractivity contribution in [3.63, 3.8) is 0 Å². The van der Waals surface area contributed by atoms with Crippen molar-refractivity contribution in [3.8, 4) is 10.8 Å². The van der Waals surface area contributed by atoms with Crippen molar-refractivity contribution in [2.24, 2.45) is 0 Å². The van der Waals surface area contributed by atoms with Crippen molar-refractivity contribution in [2.45, 2.75) is 51.0 Å². The van der Waals surface area contributed by atoms with Crippen molar-refractivity contribution < 1.29 is 9.26 Å².